The number of pyridine rings is 1. The molecule has 6 nitrogen and oxygen atoms in total. The van der Waals surface area contributed by atoms with Crippen molar-refractivity contribution >= 4 is 11.8 Å². The van der Waals surface area contributed by atoms with Crippen molar-refractivity contribution in [3.05, 3.63) is 24.4 Å². The lowest BCUT2D eigenvalue weighted by molar-refractivity contribution is -0.117. The first-order chi connectivity index (χ1) is 10.6. The Bertz CT molecular complexity index is 514. The molecule has 0 radical (unpaired) electrons. The number of urea groups is 1. The van der Waals surface area contributed by atoms with E-state index in [2.05, 4.69) is 10.3 Å². The molecule has 0 unspecified atom stereocenters. The second-order valence-electron chi connectivity index (χ2n) is 6.36. The summed E-state index contributed by atoms with van der Waals surface area (Å²) in [5.41, 5.74) is -0.114. The second-order valence-corrected chi connectivity index (χ2v) is 6.36. The van der Waals surface area contributed by atoms with Crippen molar-refractivity contribution in [1.82, 2.24) is 14.8 Å². The average Bonchev–Trinajstić information content (AvgIpc) is 2.90. The summed E-state index contributed by atoms with van der Waals surface area (Å²) < 4.78 is 6.00. The summed E-state index contributed by atoms with van der Waals surface area (Å²) >= 11 is 0. The molecule has 3 heterocycles. The molecule has 1 atom stereocenters. The minimum Gasteiger partial charge on any atom is -0.371 e. The smallest absolute Gasteiger partial charge is 0.319 e. The Labute approximate surface area is 131 Å². The molecule has 120 valence electrons. The molecule has 0 bridgehead atoms. The lowest BCUT2D eigenvalue weighted by atomic mass is 9.79. The van der Waals surface area contributed by atoms with Crippen LogP contribution in [0.15, 0.2) is 24.4 Å². The van der Waals surface area contributed by atoms with Gasteiger partial charge in [-0.1, -0.05) is 6.07 Å². The summed E-state index contributed by atoms with van der Waals surface area (Å²) in [6.07, 6.45) is 3.91. The Balaban J connectivity index is 1.49. The molecule has 22 heavy (non-hydrogen) atoms. The molecule has 0 saturated carbocycles. The van der Waals surface area contributed by atoms with Crippen molar-refractivity contribution in [2.24, 2.45) is 5.92 Å². The molecule has 3 rings (SSSR count). The molecule has 1 spiro atoms. The van der Waals surface area contributed by atoms with Gasteiger partial charge in [-0.05, 0) is 30.9 Å². The Morgan fingerprint density at radius 2 is 2.32 bits per heavy atom. The molecule has 0 aliphatic carbocycles. The Morgan fingerprint density at radius 1 is 1.50 bits per heavy atom. The standard InChI is InChI=1S/C16H24N4O2/c1-19(2)15(21)20-11-16(12-20)13(7-10-22-16)6-9-18-14-5-3-4-8-17-14/h3-5,8,13H,6-7,9-12H2,1-2H3,(H,17,18)/t13-/m0/s1. The van der Waals surface area contributed by atoms with E-state index in [9.17, 15) is 4.79 Å². The molecule has 0 aromatic carbocycles. The fourth-order valence-electron chi connectivity index (χ4n) is 3.40. The molecule has 2 amide bonds. The maximum absolute atomic E-state index is 11.9. The van der Waals surface area contributed by atoms with Gasteiger partial charge in [0.25, 0.3) is 0 Å². The summed E-state index contributed by atoms with van der Waals surface area (Å²) in [5.74, 6) is 1.42. The number of carbonyl (C=O) groups excluding carboxylic acids is 1. The number of rotatable bonds is 4. The lowest BCUT2D eigenvalue weighted by Crippen LogP contribution is -2.67. The number of nitrogens with one attached hydrogen (secondary N) is 1. The highest BCUT2D eigenvalue weighted by Gasteiger charge is 2.54. The van der Waals surface area contributed by atoms with Crippen LogP contribution in [0.2, 0.25) is 0 Å². The van der Waals surface area contributed by atoms with Gasteiger partial charge in [0.15, 0.2) is 0 Å². The first-order valence-electron chi connectivity index (χ1n) is 7.86. The zero-order valence-corrected chi connectivity index (χ0v) is 13.3. The zero-order chi connectivity index (χ0) is 15.6. The van der Waals surface area contributed by atoms with Crippen LogP contribution in [0.25, 0.3) is 0 Å². The van der Waals surface area contributed by atoms with Crippen LogP contribution in [0.1, 0.15) is 12.8 Å². The number of carbonyl (C=O) groups is 1. The molecule has 2 saturated heterocycles. The van der Waals surface area contributed by atoms with Gasteiger partial charge in [-0.3, -0.25) is 0 Å². The van der Waals surface area contributed by atoms with E-state index in [-0.39, 0.29) is 11.6 Å². The van der Waals surface area contributed by atoms with Gasteiger partial charge in [0.05, 0.1) is 13.1 Å². The zero-order valence-electron chi connectivity index (χ0n) is 13.3. The van der Waals surface area contributed by atoms with Crippen LogP contribution in [0, 0.1) is 5.92 Å². The van der Waals surface area contributed by atoms with E-state index in [4.69, 9.17) is 4.74 Å². The van der Waals surface area contributed by atoms with E-state index >= 15 is 0 Å². The number of aromatic nitrogens is 1. The first-order valence-corrected chi connectivity index (χ1v) is 7.86. The molecule has 1 N–H and O–H groups in total. The number of ether oxygens (including phenoxy) is 1. The molecule has 2 aliphatic rings. The van der Waals surface area contributed by atoms with Gasteiger partial charge in [-0.25, -0.2) is 9.78 Å². The number of hydrogen-bond acceptors (Lipinski definition) is 4. The number of likely N-dealkylation sites (tertiary alicyclic amines) is 1. The molecule has 2 aliphatic heterocycles. The third kappa shape index (κ3) is 2.88. The van der Waals surface area contributed by atoms with Gasteiger partial charge < -0.3 is 19.9 Å². The normalized spacial score (nSPS) is 22.5. The highest BCUT2D eigenvalue weighted by molar-refractivity contribution is 5.75. The predicted molar refractivity (Wildman–Crippen MR) is 84.8 cm³/mol. The van der Waals surface area contributed by atoms with E-state index in [1.165, 1.54) is 0 Å². The largest absolute Gasteiger partial charge is 0.371 e. The number of anilines is 1. The second kappa shape index (κ2) is 6.12. The third-order valence-corrected chi connectivity index (χ3v) is 4.63. The topological polar surface area (TPSA) is 57.7 Å². The number of amides is 2. The first kappa shape index (κ1) is 15.1. The van der Waals surface area contributed by atoms with Crippen LogP contribution in [0.5, 0.6) is 0 Å². The van der Waals surface area contributed by atoms with Crippen molar-refractivity contribution in [1.29, 1.82) is 0 Å². The average molecular weight is 304 g/mol. The minimum absolute atomic E-state index is 0.0754. The van der Waals surface area contributed by atoms with Crippen molar-refractivity contribution in [3.63, 3.8) is 0 Å². The lowest BCUT2D eigenvalue weighted by Gasteiger charge is -2.50. The van der Waals surface area contributed by atoms with E-state index < -0.39 is 0 Å². The van der Waals surface area contributed by atoms with Crippen LogP contribution in [-0.2, 0) is 4.74 Å². The van der Waals surface area contributed by atoms with Gasteiger partial charge in [0.2, 0.25) is 0 Å². The van der Waals surface area contributed by atoms with Crippen molar-refractivity contribution in [2.75, 3.05) is 45.7 Å². The van der Waals surface area contributed by atoms with Crippen LogP contribution in [-0.4, -0.2) is 66.8 Å². The Hall–Kier alpha value is -1.82. The highest BCUT2D eigenvalue weighted by Crippen LogP contribution is 2.41. The monoisotopic (exact) mass is 304 g/mol. The van der Waals surface area contributed by atoms with Crippen LogP contribution in [0.3, 0.4) is 0 Å². The number of hydrogen-bond donors (Lipinski definition) is 1. The SMILES string of the molecule is CN(C)C(=O)N1CC2(C1)OCC[C@@H]2CCNc1ccccn1. The van der Waals surface area contributed by atoms with Gasteiger partial charge in [-0.15, -0.1) is 0 Å². The van der Waals surface area contributed by atoms with Gasteiger partial charge in [0, 0.05) is 33.4 Å². The maximum Gasteiger partial charge on any atom is 0.319 e. The van der Waals surface area contributed by atoms with Crippen LogP contribution < -0.4 is 5.32 Å². The van der Waals surface area contributed by atoms with E-state index in [0.717, 1.165) is 44.9 Å². The molecule has 1 aromatic heterocycles. The summed E-state index contributed by atoms with van der Waals surface area (Å²) in [4.78, 5) is 19.7. The van der Waals surface area contributed by atoms with Crippen molar-refractivity contribution < 1.29 is 9.53 Å². The summed E-state index contributed by atoms with van der Waals surface area (Å²) in [6, 6.07) is 5.94. The van der Waals surface area contributed by atoms with Gasteiger partial charge in [0.1, 0.15) is 11.4 Å². The van der Waals surface area contributed by atoms with Crippen LogP contribution in [0.4, 0.5) is 10.6 Å². The molecular weight excluding hydrogens is 280 g/mol. The predicted octanol–water partition coefficient (Wildman–Crippen LogP) is 1.66. The Kier molecular flexibility index (Phi) is 4.20. The fourth-order valence-corrected chi connectivity index (χ4v) is 3.40. The van der Waals surface area contributed by atoms with Gasteiger partial charge in [-0.2, -0.15) is 0 Å². The minimum atomic E-state index is -0.114. The summed E-state index contributed by atoms with van der Waals surface area (Å²) in [5, 5.41) is 3.35. The summed E-state index contributed by atoms with van der Waals surface area (Å²) in [6.45, 7) is 3.13. The maximum atomic E-state index is 11.9. The van der Waals surface area contributed by atoms with E-state index in [0.29, 0.717) is 5.92 Å². The summed E-state index contributed by atoms with van der Waals surface area (Å²) in [7, 11) is 3.58. The Morgan fingerprint density at radius 3 is 3.00 bits per heavy atom. The van der Waals surface area contributed by atoms with Crippen molar-refractivity contribution in [2.45, 2.75) is 18.4 Å². The van der Waals surface area contributed by atoms with E-state index in [1.807, 2.05) is 23.1 Å². The fraction of sp³-hybridized carbons (Fsp3) is 0.625. The van der Waals surface area contributed by atoms with Crippen LogP contribution >= 0.6 is 0 Å². The van der Waals surface area contributed by atoms with Crippen molar-refractivity contribution in [3.8, 4) is 0 Å². The molecule has 2 fully saturated rings. The van der Waals surface area contributed by atoms with Gasteiger partial charge >= 0.3 is 6.03 Å². The molecular formula is C16H24N4O2. The molecule has 1 aromatic rings. The van der Waals surface area contributed by atoms with E-state index in [1.54, 1.807) is 25.2 Å². The highest BCUT2D eigenvalue weighted by atomic mass is 16.5. The number of nitrogens with zero attached hydrogens (tertiary/aromatic N) is 3. The third-order valence-electron chi connectivity index (χ3n) is 4.63. The quantitative estimate of drug-likeness (QED) is 0.919. The molecule has 6 heteroatoms.